The Labute approximate surface area is 127 Å². The molecule has 0 atom stereocenters. The fourth-order valence-corrected chi connectivity index (χ4v) is 4.51. The van der Waals surface area contributed by atoms with Crippen LogP contribution in [0.4, 0.5) is 0 Å². The average molecular weight is 308 g/mol. The average Bonchev–Trinajstić information content (AvgIpc) is 2.41. The Morgan fingerprint density at radius 3 is 2.52 bits per heavy atom. The summed E-state index contributed by atoms with van der Waals surface area (Å²) in [6, 6.07) is 3.79. The van der Waals surface area contributed by atoms with Crippen LogP contribution >= 0.6 is 0 Å². The van der Waals surface area contributed by atoms with Gasteiger partial charge in [-0.2, -0.15) is 4.31 Å². The monoisotopic (exact) mass is 308 g/mol. The van der Waals surface area contributed by atoms with E-state index in [1.54, 1.807) is 4.31 Å². The SMILES string of the molecule is CNCc1cc(S(=O)(=O)N2CCC=C(C)C2)c(C)cc1C. The highest BCUT2D eigenvalue weighted by molar-refractivity contribution is 7.89. The summed E-state index contributed by atoms with van der Waals surface area (Å²) >= 11 is 0. The van der Waals surface area contributed by atoms with Crippen LogP contribution in [0.3, 0.4) is 0 Å². The van der Waals surface area contributed by atoms with Crippen molar-refractivity contribution in [3.05, 3.63) is 40.5 Å². The van der Waals surface area contributed by atoms with Crippen LogP contribution < -0.4 is 5.32 Å². The van der Waals surface area contributed by atoms with Gasteiger partial charge in [-0.3, -0.25) is 0 Å². The molecule has 1 aromatic carbocycles. The molecule has 5 heteroatoms. The zero-order chi connectivity index (χ0) is 15.6. The fourth-order valence-electron chi connectivity index (χ4n) is 2.75. The minimum Gasteiger partial charge on any atom is -0.316 e. The molecule has 0 amide bonds. The van der Waals surface area contributed by atoms with E-state index in [2.05, 4.69) is 11.4 Å². The maximum atomic E-state index is 12.9. The second kappa shape index (κ2) is 6.30. The van der Waals surface area contributed by atoms with E-state index in [9.17, 15) is 8.42 Å². The summed E-state index contributed by atoms with van der Waals surface area (Å²) < 4.78 is 27.4. The molecule has 1 aromatic rings. The lowest BCUT2D eigenvalue weighted by molar-refractivity contribution is 0.427. The number of rotatable bonds is 4. The molecule has 0 saturated carbocycles. The Morgan fingerprint density at radius 1 is 1.19 bits per heavy atom. The maximum absolute atomic E-state index is 12.9. The van der Waals surface area contributed by atoms with Gasteiger partial charge in [-0.1, -0.05) is 17.7 Å². The number of aryl methyl sites for hydroxylation is 2. The van der Waals surface area contributed by atoms with E-state index in [-0.39, 0.29) is 0 Å². The third kappa shape index (κ3) is 3.36. The lowest BCUT2D eigenvalue weighted by Crippen LogP contribution is -2.35. The number of hydrogen-bond acceptors (Lipinski definition) is 3. The molecule has 0 aliphatic carbocycles. The van der Waals surface area contributed by atoms with Crippen molar-refractivity contribution in [2.45, 2.75) is 38.6 Å². The van der Waals surface area contributed by atoms with Gasteiger partial charge in [0.1, 0.15) is 0 Å². The van der Waals surface area contributed by atoms with Gasteiger partial charge in [0, 0.05) is 19.6 Å². The number of hydrogen-bond donors (Lipinski definition) is 1. The molecule has 116 valence electrons. The fraction of sp³-hybridized carbons (Fsp3) is 0.500. The van der Waals surface area contributed by atoms with E-state index in [4.69, 9.17) is 0 Å². The molecule has 1 aliphatic rings. The predicted octanol–water partition coefficient (Wildman–Crippen LogP) is 2.36. The van der Waals surface area contributed by atoms with Gasteiger partial charge in [-0.05, 0) is 57.0 Å². The number of nitrogens with one attached hydrogen (secondary N) is 1. The van der Waals surface area contributed by atoms with Crippen molar-refractivity contribution in [2.24, 2.45) is 0 Å². The molecule has 0 saturated heterocycles. The van der Waals surface area contributed by atoms with E-state index < -0.39 is 10.0 Å². The van der Waals surface area contributed by atoms with Crippen LogP contribution in [0.15, 0.2) is 28.7 Å². The second-order valence-electron chi connectivity index (χ2n) is 5.75. The van der Waals surface area contributed by atoms with Crippen molar-refractivity contribution in [1.82, 2.24) is 9.62 Å². The summed E-state index contributed by atoms with van der Waals surface area (Å²) in [6.45, 7) is 7.61. The Bertz CT molecular complexity index is 663. The summed E-state index contributed by atoms with van der Waals surface area (Å²) in [6.07, 6.45) is 2.90. The standard InChI is InChI=1S/C16H24N2O2S/c1-12-6-5-7-18(11-12)21(19,20)16-9-15(10-17-4)13(2)8-14(16)3/h6,8-9,17H,5,7,10-11H2,1-4H3. The third-order valence-corrected chi connectivity index (χ3v) is 5.90. The summed E-state index contributed by atoms with van der Waals surface area (Å²) in [7, 11) is -1.55. The third-order valence-electron chi connectivity index (χ3n) is 3.92. The molecule has 21 heavy (non-hydrogen) atoms. The first-order valence-electron chi connectivity index (χ1n) is 7.26. The van der Waals surface area contributed by atoms with E-state index in [0.717, 1.165) is 28.7 Å². The molecule has 1 aliphatic heterocycles. The van der Waals surface area contributed by atoms with E-state index in [1.807, 2.05) is 40.0 Å². The number of nitrogens with zero attached hydrogens (tertiary/aromatic N) is 1. The first kappa shape index (κ1) is 16.2. The van der Waals surface area contributed by atoms with E-state index in [0.29, 0.717) is 24.5 Å². The Hall–Kier alpha value is -1.17. The lowest BCUT2D eigenvalue weighted by atomic mass is 10.1. The van der Waals surface area contributed by atoms with Gasteiger partial charge >= 0.3 is 0 Å². The molecular weight excluding hydrogens is 284 g/mol. The molecule has 0 spiro atoms. The summed E-state index contributed by atoms with van der Waals surface area (Å²) in [5.74, 6) is 0. The van der Waals surface area contributed by atoms with Gasteiger partial charge in [0.05, 0.1) is 4.90 Å². The van der Waals surface area contributed by atoms with Gasteiger partial charge < -0.3 is 5.32 Å². The topological polar surface area (TPSA) is 49.4 Å². The summed E-state index contributed by atoms with van der Waals surface area (Å²) in [4.78, 5) is 0.438. The Morgan fingerprint density at radius 2 is 1.90 bits per heavy atom. The predicted molar refractivity (Wildman–Crippen MR) is 85.8 cm³/mol. The van der Waals surface area contributed by atoms with E-state index in [1.165, 1.54) is 0 Å². The molecule has 0 unspecified atom stereocenters. The molecule has 0 aromatic heterocycles. The van der Waals surface area contributed by atoms with Crippen molar-refractivity contribution in [3.8, 4) is 0 Å². The van der Waals surface area contributed by atoms with Crippen molar-refractivity contribution in [1.29, 1.82) is 0 Å². The van der Waals surface area contributed by atoms with Crippen molar-refractivity contribution >= 4 is 10.0 Å². The number of sulfonamides is 1. The Kier molecular flexibility index (Phi) is 4.86. The quantitative estimate of drug-likeness (QED) is 0.869. The van der Waals surface area contributed by atoms with Crippen LogP contribution in [0, 0.1) is 13.8 Å². The van der Waals surface area contributed by atoms with Crippen LogP contribution in [0.2, 0.25) is 0 Å². The van der Waals surface area contributed by atoms with Crippen molar-refractivity contribution in [3.63, 3.8) is 0 Å². The van der Waals surface area contributed by atoms with Crippen LogP contribution in [0.5, 0.6) is 0 Å². The minimum atomic E-state index is -3.42. The van der Waals surface area contributed by atoms with E-state index >= 15 is 0 Å². The van der Waals surface area contributed by atoms with Crippen LogP contribution in [-0.2, 0) is 16.6 Å². The first-order valence-corrected chi connectivity index (χ1v) is 8.70. The van der Waals surface area contributed by atoms with Gasteiger partial charge in [-0.25, -0.2) is 8.42 Å². The lowest BCUT2D eigenvalue weighted by Gasteiger charge is -2.26. The smallest absolute Gasteiger partial charge is 0.243 e. The zero-order valence-corrected chi connectivity index (χ0v) is 14.0. The normalized spacial score (nSPS) is 16.9. The molecule has 0 radical (unpaired) electrons. The van der Waals surface area contributed by atoms with Crippen LogP contribution in [-0.4, -0.2) is 32.9 Å². The largest absolute Gasteiger partial charge is 0.316 e. The molecule has 1 heterocycles. The molecular formula is C16H24N2O2S. The Balaban J connectivity index is 2.44. The summed E-state index contributed by atoms with van der Waals surface area (Å²) in [5.41, 5.74) is 4.09. The summed E-state index contributed by atoms with van der Waals surface area (Å²) in [5, 5.41) is 3.09. The molecule has 0 fully saturated rings. The number of benzene rings is 1. The van der Waals surface area contributed by atoms with Crippen LogP contribution in [0.1, 0.15) is 30.0 Å². The highest BCUT2D eigenvalue weighted by atomic mass is 32.2. The highest BCUT2D eigenvalue weighted by Crippen LogP contribution is 2.26. The minimum absolute atomic E-state index is 0.438. The first-order chi connectivity index (χ1) is 9.86. The molecule has 0 bridgehead atoms. The van der Waals surface area contributed by atoms with Gasteiger partial charge in [0.25, 0.3) is 0 Å². The van der Waals surface area contributed by atoms with Gasteiger partial charge in [0.2, 0.25) is 10.0 Å². The van der Waals surface area contributed by atoms with Crippen LogP contribution in [0.25, 0.3) is 0 Å². The maximum Gasteiger partial charge on any atom is 0.243 e. The van der Waals surface area contributed by atoms with Gasteiger partial charge in [0.15, 0.2) is 0 Å². The molecule has 2 rings (SSSR count). The van der Waals surface area contributed by atoms with Crippen molar-refractivity contribution < 1.29 is 8.42 Å². The highest BCUT2D eigenvalue weighted by Gasteiger charge is 2.27. The zero-order valence-electron chi connectivity index (χ0n) is 13.2. The molecule has 1 N–H and O–H groups in total. The van der Waals surface area contributed by atoms with Gasteiger partial charge in [-0.15, -0.1) is 0 Å². The van der Waals surface area contributed by atoms with Crippen molar-refractivity contribution in [2.75, 3.05) is 20.1 Å². The second-order valence-corrected chi connectivity index (χ2v) is 7.66. The molecule has 4 nitrogen and oxygen atoms in total.